The molecular weight excluding hydrogens is 546 g/mol. The number of aryl methyl sites for hydroxylation is 4. The molecule has 2 aromatic carbocycles. The number of carboxylic acid groups (broad SMARTS) is 2. The van der Waals surface area contributed by atoms with Crippen LogP contribution in [0.1, 0.15) is 28.6 Å². The van der Waals surface area contributed by atoms with Crippen LogP contribution in [-0.2, 0) is 40.3 Å². The molecule has 1 aromatic heterocycles. The molecule has 0 aliphatic carbocycles. The van der Waals surface area contributed by atoms with E-state index < -0.39 is 28.3 Å². The number of thiazole rings is 1. The number of nitrogens with one attached hydrogen (secondary N) is 4. The molecule has 3 aromatic rings. The number of anilines is 2. The quantitative estimate of drug-likeness (QED) is 0.225. The Morgan fingerprint density at radius 3 is 1.92 bits per heavy atom. The summed E-state index contributed by atoms with van der Waals surface area (Å²) in [5.74, 6) is -0.221. The van der Waals surface area contributed by atoms with Gasteiger partial charge in [0.25, 0.3) is 0 Å². The fourth-order valence-electron chi connectivity index (χ4n) is 3.68. The number of aromatic nitrogens is 1. The summed E-state index contributed by atoms with van der Waals surface area (Å²) in [4.78, 5) is 38.9. The molecule has 208 valence electrons. The Labute approximate surface area is 229 Å². The average Bonchev–Trinajstić information content (AvgIpc) is 3.21. The van der Waals surface area contributed by atoms with Gasteiger partial charge in [0.2, 0.25) is 5.91 Å². The molecule has 1 heterocycles. The third kappa shape index (κ3) is 9.57. The Hall–Kier alpha value is -4.17. The van der Waals surface area contributed by atoms with Gasteiger partial charge in [0.1, 0.15) is 12.2 Å². The molecule has 39 heavy (non-hydrogen) atoms. The minimum atomic E-state index is -3.26. The maximum Gasteiger partial charge on any atom is 0.223 e. The number of nitrogens with zero attached hydrogens (tertiary/aromatic N) is 1. The average molecular weight is 574 g/mol. The molecule has 0 atom stereocenters. The maximum absolute atomic E-state index is 11.7. The van der Waals surface area contributed by atoms with Gasteiger partial charge in [0.05, 0.1) is 10.6 Å². The minimum Gasteiger partial charge on any atom is -0.530 e. The lowest BCUT2D eigenvalue weighted by Crippen LogP contribution is -2.58. The van der Waals surface area contributed by atoms with Crippen LogP contribution < -0.4 is 31.5 Å². The van der Waals surface area contributed by atoms with Crippen LogP contribution in [0.15, 0.2) is 53.4 Å². The van der Waals surface area contributed by atoms with E-state index in [4.69, 9.17) is 0 Å². The first-order chi connectivity index (χ1) is 18.4. The predicted octanol–water partition coefficient (Wildman–Crippen LogP) is 0.637. The fraction of sp³-hybridized carbons (Fsp3) is 0.280. The standard InChI is InChI=1S/C25H29N5O7S2/c1-15(31)26-23-28-20(21(38-23)14-8-17-5-11-19(12-6-17)39(2,36)37)13-7-16-3-9-18(10-4-16)27-22(29-24(32)33)30-25(34)35/h3-6,9-12,22,27,29-30H,7-8,13-14H2,1-2H3,(H,32,33)(H,34,35)(H,26,28,31)/p-2. The van der Waals surface area contributed by atoms with Crippen molar-refractivity contribution in [2.45, 2.75) is 43.8 Å². The summed E-state index contributed by atoms with van der Waals surface area (Å²) >= 11 is 1.40. The Morgan fingerprint density at radius 1 is 0.872 bits per heavy atom. The number of amides is 3. The molecule has 3 amide bonds. The SMILES string of the molecule is CC(=O)Nc1nc(CCc2ccc(NC(NC(=O)[O-])NC(=O)[O-])cc2)c(CCc2ccc(S(C)(=O)=O)cc2)s1. The van der Waals surface area contributed by atoms with Crippen molar-refractivity contribution < 1.29 is 33.0 Å². The predicted molar refractivity (Wildman–Crippen MR) is 142 cm³/mol. The molecular formula is C25H27N5O7S2-2. The first-order valence-electron chi connectivity index (χ1n) is 11.7. The van der Waals surface area contributed by atoms with E-state index in [9.17, 15) is 33.0 Å². The topological polar surface area (TPSA) is 192 Å². The van der Waals surface area contributed by atoms with Gasteiger partial charge in [-0.3, -0.25) is 4.79 Å². The van der Waals surface area contributed by atoms with Gasteiger partial charge in [-0.1, -0.05) is 24.3 Å². The van der Waals surface area contributed by atoms with Gasteiger partial charge in [0.15, 0.2) is 21.3 Å². The highest BCUT2D eigenvalue weighted by molar-refractivity contribution is 7.90. The number of hydrogen-bond donors (Lipinski definition) is 4. The molecule has 0 unspecified atom stereocenters. The number of sulfone groups is 1. The summed E-state index contributed by atoms with van der Waals surface area (Å²) in [5, 5.41) is 31.2. The van der Waals surface area contributed by atoms with Crippen molar-refractivity contribution in [2.75, 3.05) is 16.9 Å². The van der Waals surface area contributed by atoms with Crippen molar-refractivity contribution in [1.29, 1.82) is 0 Å². The largest absolute Gasteiger partial charge is 0.530 e. The van der Waals surface area contributed by atoms with Crippen molar-refractivity contribution in [3.63, 3.8) is 0 Å². The van der Waals surface area contributed by atoms with E-state index >= 15 is 0 Å². The molecule has 0 aliphatic rings. The van der Waals surface area contributed by atoms with Crippen molar-refractivity contribution >= 4 is 50.1 Å². The number of rotatable bonds is 12. The van der Waals surface area contributed by atoms with E-state index in [1.807, 2.05) is 22.8 Å². The molecule has 12 nitrogen and oxygen atoms in total. The van der Waals surface area contributed by atoms with Crippen LogP contribution in [0.2, 0.25) is 0 Å². The van der Waals surface area contributed by atoms with Crippen LogP contribution in [0.3, 0.4) is 0 Å². The van der Waals surface area contributed by atoms with Gasteiger partial charge in [0, 0.05) is 23.7 Å². The molecule has 0 bridgehead atoms. The number of carbonyl (C=O) groups is 3. The van der Waals surface area contributed by atoms with Crippen molar-refractivity contribution in [2.24, 2.45) is 0 Å². The van der Waals surface area contributed by atoms with Crippen molar-refractivity contribution in [1.82, 2.24) is 15.6 Å². The minimum absolute atomic E-state index is 0.221. The Kier molecular flexibility index (Phi) is 9.84. The molecule has 4 N–H and O–H groups in total. The van der Waals surface area contributed by atoms with Gasteiger partial charge < -0.3 is 41.1 Å². The fourth-order valence-corrected chi connectivity index (χ4v) is 5.36. The molecule has 14 heteroatoms. The molecule has 0 saturated heterocycles. The Morgan fingerprint density at radius 2 is 1.41 bits per heavy atom. The van der Waals surface area contributed by atoms with Gasteiger partial charge in [-0.25, -0.2) is 13.4 Å². The second-order valence-corrected chi connectivity index (χ2v) is 11.7. The summed E-state index contributed by atoms with van der Waals surface area (Å²) < 4.78 is 23.4. The highest BCUT2D eigenvalue weighted by atomic mass is 32.2. The van der Waals surface area contributed by atoms with Crippen molar-refractivity contribution in [3.8, 4) is 0 Å². The zero-order valence-corrected chi connectivity index (χ0v) is 22.8. The van der Waals surface area contributed by atoms with E-state index in [1.165, 1.54) is 24.5 Å². The van der Waals surface area contributed by atoms with E-state index in [2.05, 4.69) is 15.6 Å². The molecule has 0 radical (unpaired) electrons. The third-order valence-corrected chi connectivity index (χ3v) is 7.69. The summed E-state index contributed by atoms with van der Waals surface area (Å²) in [6.07, 6.45) is -0.976. The lowest BCUT2D eigenvalue weighted by atomic mass is 10.0. The monoisotopic (exact) mass is 573 g/mol. The molecule has 0 spiro atoms. The summed E-state index contributed by atoms with van der Waals surface area (Å²) in [5.41, 5.74) is 3.23. The lowest BCUT2D eigenvalue weighted by molar-refractivity contribution is -0.255. The highest BCUT2D eigenvalue weighted by Crippen LogP contribution is 2.26. The zero-order chi connectivity index (χ0) is 28.6. The molecule has 0 aliphatic heterocycles. The van der Waals surface area contributed by atoms with Crippen LogP contribution in [0.25, 0.3) is 0 Å². The van der Waals surface area contributed by atoms with Crippen LogP contribution >= 0.6 is 11.3 Å². The Bertz CT molecular complexity index is 1410. The molecule has 0 saturated carbocycles. The smallest absolute Gasteiger partial charge is 0.223 e. The Balaban J connectivity index is 1.66. The van der Waals surface area contributed by atoms with Gasteiger partial charge in [-0.15, -0.1) is 11.3 Å². The van der Waals surface area contributed by atoms with Crippen molar-refractivity contribution in [3.05, 3.63) is 70.2 Å². The second kappa shape index (κ2) is 13.1. The van der Waals surface area contributed by atoms with E-state index in [1.54, 1.807) is 36.4 Å². The number of benzene rings is 2. The van der Waals surface area contributed by atoms with Gasteiger partial charge >= 0.3 is 0 Å². The summed E-state index contributed by atoms with van der Waals surface area (Å²) in [6, 6.07) is 13.7. The van der Waals surface area contributed by atoms with E-state index in [0.29, 0.717) is 36.5 Å². The van der Waals surface area contributed by atoms with Crippen LogP contribution in [0.5, 0.6) is 0 Å². The van der Waals surface area contributed by atoms with E-state index in [0.717, 1.165) is 21.7 Å². The van der Waals surface area contributed by atoms with E-state index in [-0.39, 0.29) is 10.8 Å². The first-order valence-corrected chi connectivity index (χ1v) is 14.5. The summed E-state index contributed by atoms with van der Waals surface area (Å²) in [6.45, 7) is 1.41. The molecule has 3 rings (SSSR count). The maximum atomic E-state index is 11.7. The number of hydrogen-bond acceptors (Lipinski definition) is 10. The lowest BCUT2D eigenvalue weighted by Gasteiger charge is -2.24. The van der Waals surface area contributed by atoms with Gasteiger partial charge in [-0.2, -0.15) is 0 Å². The normalized spacial score (nSPS) is 11.2. The second-order valence-electron chi connectivity index (χ2n) is 8.62. The first kappa shape index (κ1) is 29.4. The van der Waals surface area contributed by atoms with Crippen LogP contribution in [0, 0.1) is 0 Å². The van der Waals surface area contributed by atoms with Gasteiger partial charge in [-0.05, 0) is 61.1 Å². The van der Waals surface area contributed by atoms with Crippen LogP contribution in [-0.4, -0.2) is 44.0 Å². The highest BCUT2D eigenvalue weighted by Gasteiger charge is 2.14. The van der Waals surface area contributed by atoms with Crippen LogP contribution in [0.4, 0.5) is 20.4 Å². The number of carbonyl (C=O) groups excluding carboxylic acids is 3. The summed E-state index contributed by atoms with van der Waals surface area (Å²) in [7, 11) is -3.26. The zero-order valence-electron chi connectivity index (χ0n) is 21.1. The molecule has 0 fully saturated rings. The third-order valence-electron chi connectivity index (χ3n) is 5.49.